The summed E-state index contributed by atoms with van der Waals surface area (Å²) in [5, 5.41) is 10.6. The van der Waals surface area contributed by atoms with Crippen LogP contribution in [0.3, 0.4) is 0 Å². The van der Waals surface area contributed by atoms with Crippen LogP contribution in [0, 0.1) is 0 Å². The van der Waals surface area contributed by atoms with Crippen molar-refractivity contribution in [3.05, 3.63) is 42.1 Å². The predicted molar refractivity (Wildman–Crippen MR) is 67.0 cm³/mol. The van der Waals surface area contributed by atoms with Crippen molar-refractivity contribution in [2.75, 3.05) is 0 Å². The molecule has 1 atom stereocenters. The largest absolute Gasteiger partial charge is 0.385 e. The second kappa shape index (κ2) is 5.06. The normalized spacial score (nSPS) is 12.6. The van der Waals surface area contributed by atoms with Gasteiger partial charge in [0.1, 0.15) is 6.10 Å². The van der Waals surface area contributed by atoms with E-state index < -0.39 is 6.10 Å². The summed E-state index contributed by atoms with van der Waals surface area (Å²) < 4.78 is 0. The Morgan fingerprint density at radius 3 is 2.94 bits per heavy atom. The molecule has 0 aliphatic carbocycles. The number of hydrogen-bond acceptors (Lipinski definition) is 3. The molecule has 0 radical (unpaired) electrons. The first-order valence-electron chi connectivity index (χ1n) is 5.79. The second-order valence-corrected chi connectivity index (χ2v) is 4.09. The quantitative estimate of drug-likeness (QED) is 0.820. The monoisotopic (exact) mass is 229 g/mol. The fourth-order valence-electron chi connectivity index (χ4n) is 1.80. The average Bonchev–Trinajstić information content (AvgIpc) is 2.37. The lowest BCUT2D eigenvalue weighted by Gasteiger charge is -2.08. The van der Waals surface area contributed by atoms with Crippen molar-refractivity contribution in [1.29, 1.82) is 0 Å². The Bertz CT molecular complexity index is 536. The van der Waals surface area contributed by atoms with Gasteiger partial charge in [0.05, 0.1) is 5.52 Å². The van der Waals surface area contributed by atoms with Crippen molar-refractivity contribution in [1.82, 2.24) is 4.98 Å². The summed E-state index contributed by atoms with van der Waals surface area (Å²) in [4.78, 5) is 16.1. The highest BCUT2D eigenvalue weighted by Gasteiger charge is 2.16. The van der Waals surface area contributed by atoms with E-state index in [1.807, 2.05) is 31.2 Å². The summed E-state index contributed by atoms with van der Waals surface area (Å²) in [6.45, 7) is 1.94. The van der Waals surface area contributed by atoms with Gasteiger partial charge in [0.25, 0.3) is 0 Å². The molecule has 17 heavy (non-hydrogen) atoms. The van der Waals surface area contributed by atoms with Crippen LogP contribution >= 0.6 is 0 Å². The molecule has 0 spiro atoms. The van der Waals surface area contributed by atoms with Gasteiger partial charge < -0.3 is 5.11 Å². The molecule has 2 rings (SSSR count). The maximum atomic E-state index is 11.9. The van der Waals surface area contributed by atoms with Gasteiger partial charge in [-0.15, -0.1) is 0 Å². The molecule has 1 heterocycles. The molecule has 1 N–H and O–H groups in total. The highest BCUT2D eigenvalue weighted by atomic mass is 16.3. The van der Waals surface area contributed by atoms with Gasteiger partial charge in [0.15, 0.2) is 5.78 Å². The van der Waals surface area contributed by atoms with Gasteiger partial charge in [-0.25, -0.2) is 0 Å². The van der Waals surface area contributed by atoms with Crippen LogP contribution in [0.2, 0.25) is 0 Å². The van der Waals surface area contributed by atoms with E-state index in [0.29, 0.717) is 12.0 Å². The number of fused-ring (bicyclic) bond motifs is 1. The number of hydrogen-bond donors (Lipinski definition) is 1. The van der Waals surface area contributed by atoms with Crippen LogP contribution in [0.1, 0.15) is 30.1 Å². The number of ketones is 1. The molecule has 0 fully saturated rings. The van der Waals surface area contributed by atoms with Crippen LogP contribution in [0.4, 0.5) is 0 Å². The number of Topliss-reactive ketones (excluding diaryl/α,β-unsaturated/α-hetero) is 1. The smallest absolute Gasteiger partial charge is 0.192 e. The molecular weight excluding hydrogens is 214 g/mol. The summed E-state index contributed by atoms with van der Waals surface area (Å²) >= 11 is 0. The zero-order chi connectivity index (χ0) is 12.3. The van der Waals surface area contributed by atoms with Crippen LogP contribution in [0.25, 0.3) is 10.9 Å². The Balaban J connectivity index is 2.33. The summed E-state index contributed by atoms with van der Waals surface area (Å²) in [7, 11) is 0. The van der Waals surface area contributed by atoms with Crippen molar-refractivity contribution in [2.24, 2.45) is 0 Å². The molecule has 88 valence electrons. The molecule has 0 bridgehead atoms. The minimum absolute atomic E-state index is 0.245. The van der Waals surface area contributed by atoms with Crippen LogP contribution in [0.5, 0.6) is 0 Å². The number of para-hydroxylation sites is 1. The van der Waals surface area contributed by atoms with Crippen molar-refractivity contribution in [3.63, 3.8) is 0 Å². The van der Waals surface area contributed by atoms with Crippen molar-refractivity contribution >= 4 is 16.7 Å². The molecule has 0 saturated carbocycles. The van der Waals surface area contributed by atoms with Crippen molar-refractivity contribution in [3.8, 4) is 0 Å². The number of aliphatic hydroxyl groups excluding tert-OH is 1. The number of carbonyl (C=O) groups excluding carboxylic acids is 1. The molecule has 3 nitrogen and oxygen atoms in total. The molecule has 0 saturated heterocycles. The van der Waals surface area contributed by atoms with Gasteiger partial charge in [-0.1, -0.05) is 31.5 Å². The van der Waals surface area contributed by atoms with Crippen molar-refractivity contribution in [2.45, 2.75) is 25.9 Å². The first kappa shape index (κ1) is 11.7. The first-order chi connectivity index (χ1) is 8.22. The Morgan fingerprint density at radius 1 is 1.41 bits per heavy atom. The topological polar surface area (TPSA) is 50.2 Å². The Morgan fingerprint density at radius 2 is 2.18 bits per heavy atom. The second-order valence-electron chi connectivity index (χ2n) is 4.09. The Kier molecular flexibility index (Phi) is 3.49. The first-order valence-corrected chi connectivity index (χ1v) is 5.79. The molecular formula is C14H15NO2. The molecule has 1 aromatic carbocycles. The lowest BCUT2D eigenvalue weighted by atomic mass is 10.0. The van der Waals surface area contributed by atoms with Gasteiger partial charge in [0.2, 0.25) is 0 Å². The Labute approximate surface area is 100 Å². The summed E-state index contributed by atoms with van der Waals surface area (Å²) in [5.41, 5.74) is 1.33. The third kappa shape index (κ3) is 2.50. The minimum Gasteiger partial charge on any atom is -0.385 e. The average molecular weight is 229 g/mol. The zero-order valence-corrected chi connectivity index (χ0v) is 9.76. The highest BCUT2D eigenvalue weighted by Crippen LogP contribution is 2.15. The number of nitrogens with zero attached hydrogens (tertiary/aromatic N) is 1. The summed E-state index contributed by atoms with van der Waals surface area (Å²) in [6.07, 6.45) is 1.89. The molecule has 0 amide bonds. The van der Waals surface area contributed by atoms with E-state index in [9.17, 15) is 9.90 Å². The van der Waals surface area contributed by atoms with Gasteiger partial charge in [-0.3, -0.25) is 9.78 Å². The van der Waals surface area contributed by atoms with E-state index in [1.165, 1.54) is 6.20 Å². The van der Waals surface area contributed by atoms with E-state index in [4.69, 9.17) is 0 Å². The number of aromatic nitrogens is 1. The third-order valence-electron chi connectivity index (χ3n) is 2.74. The lowest BCUT2D eigenvalue weighted by Crippen LogP contribution is -2.20. The highest BCUT2D eigenvalue weighted by molar-refractivity contribution is 6.01. The molecule has 0 aliphatic rings. The molecule has 1 aromatic heterocycles. The molecule has 3 heteroatoms. The lowest BCUT2D eigenvalue weighted by molar-refractivity contribution is 0.0729. The van der Waals surface area contributed by atoms with Crippen LogP contribution in [0.15, 0.2) is 36.5 Å². The fraction of sp³-hybridized carbons (Fsp3) is 0.286. The SMILES string of the molecule is CCCC(O)C(=O)c1cnc2ccccc2c1. The molecule has 2 aromatic rings. The predicted octanol–water partition coefficient (Wildman–Crippen LogP) is 2.58. The zero-order valence-electron chi connectivity index (χ0n) is 9.76. The molecule has 1 unspecified atom stereocenters. The van der Waals surface area contributed by atoms with E-state index >= 15 is 0 Å². The van der Waals surface area contributed by atoms with Gasteiger partial charge in [0, 0.05) is 17.1 Å². The number of benzene rings is 1. The van der Waals surface area contributed by atoms with E-state index in [1.54, 1.807) is 6.07 Å². The third-order valence-corrected chi connectivity index (χ3v) is 2.74. The van der Waals surface area contributed by atoms with Gasteiger partial charge >= 0.3 is 0 Å². The van der Waals surface area contributed by atoms with Crippen LogP contribution in [-0.4, -0.2) is 22.0 Å². The number of carbonyl (C=O) groups is 1. The maximum Gasteiger partial charge on any atom is 0.192 e. The molecule has 0 aliphatic heterocycles. The number of pyridine rings is 1. The van der Waals surface area contributed by atoms with Gasteiger partial charge in [-0.2, -0.15) is 0 Å². The summed E-state index contributed by atoms with van der Waals surface area (Å²) in [5.74, 6) is -0.245. The van der Waals surface area contributed by atoms with Crippen molar-refractivity contribution < 1.29 is 9.90 Å². The minimum atomic E-state index is -0.914. The standard InChI is InChI=1S/C14H15NO2/c1-2-5-13(16)14(17)11-8-10-6-3-4-7-12(10)15-9-11/h3-4,6-9,13,16H,2,5H2,1H3. The van der Waals surface area contributed by atoms with Crippen LogP contribution in [-0.2, 0) is 0 Å². The van der Waals surface area contributed by atoms with Gasteiger partial charge in [-0.05, 0) is 18.6 Å². The fourth-order valence-corrected chi connectivity index (χ4v) is 1.80. The Hall–Kier alpha value is -1.74. The van der Waals surface area contributed by atoms with E-state index in [0.717, 1.165) is 17.3 Å². The van der Waals surface area contributed by atoms with Crippen LogP contribution < -0.4 is 0 Å². The summed E-state index contributed by atoms with van der Waals surface area (Å²) in [6, 6.07) is 9.39. The number of rotatable bonds is 4. The maximum absolute atomic E-state index is 11.9. The van der Waals surface area contributed by atoms with E-state index in [-0.39, 0.29) is 5.78 Å². The van der Waals surface area contributed by atoms with E-state index in [2.05, 4.69) is 4.98 Å². The number of aliphatic hydroxyl groups is 1.